The van der Waals surface area contributed by atoms with Gasteiger partial charge in [-0.15, -0.1) is 0 Å². The summed E-state index contributed by atoms with van der Waals surface area (Å²) >= 11 is 14.2. The molecule has 2 unspecified atom stereocenters. The number of likely N-dealkylation sites (tertiary alicyclic amines) is 1. The number of hydrogen-bond acceptors (Lipinski definition) is 10. The number of aliphatic hydroxyl groups is 1. The molecule has 0 radical (unpaired) electrons. The van der Waals surface area contributed by atoms with Crippen molar-refractivity contribution >= 4 is 51.8 Å². The fourth-order valence-electron chi connectivity index (χ4n) is 8.12. The molecular weight excluding hydrogens is 745 g/mol. The van der Waals surface area contributed by atoms with Gasteiger partial charge in [0.05, 0.1) is 40.7 Å². The maximum Gasteiger partial charge on any atom is 0.332 e. The highest BCUT2D eigenvalue weighted by Crippen LogP contribution is 2.47. The number of fused-ring (bicyclic) bond motifs is 2. The van der Waals surface area contributed by atoms with Crippen molar-refractivity contribution in [3.8, 4) is 28.3 Å². The van der Waals surface area contributed by atoms with E-state index in [9.17, 15) is 19.5 Å². The first-order valence-electron chi connectivity index (χ1n) is 18.3. The number of carbonyl (C=O) groups excluding carboxylic acids is 1. The monoisotopic (exact) mass is 787 g/mol. The van der Waals surface area contributed by atoms with E-state index in [-0.39, 0.29) is 41.1 Å². The molecule has 5 aromatic rings. The zero-order chi connectivity index (χ0) is 39.2. The summed E-state index contributed by atoms with van der Waals surface area (Å²) in [6.07, 6.45) is 3.85. The lowest BCUT2D eigenvalue weighted by molar-refractivity contribution is 0.193. The van der Waals surface area contributed by atoms with Gasteiger partial charge in [0.15, 0.2) is 5.65 Å². The molecule has 2 amide bonds. The Kier molecular flexibility index (Phi) is 10.6. The van der Waals surface area contributed by atoms with Crippen LogP contribution in [0.1, 0.15) is 43.9 Å². The first kappa shape index (κ1) is 38.3. The van der Waals surface area contributed by atoms with Gasteiger partial charge in [-0.3, -0.25) is 18.8 Å². The van der Waals surface area contributed by atoms with Crippen LogP contribution in [0, 0.1) is 0 Å². The fraction of sp³-hybridized carbons (Fsp3) is 0.385. The quantitative estimate of drug-likeness (QED) is 0.189. The molecule has 1 aliphatic carbocycles. The minimum Gasteiger partial charge on any atom is -0.481 e. The van der Waals surface area contributed by atoms with Crippen LogP contribution in [0.25, 0.3) is 33.4 Å². The van der Waals surface area contributed by atoms with Gasteiger partial charge in [-0.2, -0.15) is 0 Å². The number of carbonyl (C=O) groups is 1. The third-order valence-corrected chi connectivity index (χ3v) is 11.5. The Morgan fingerprint density at radius 3 is 2.47 bits per heavy atom. The van der Waals surface area contributed by atoms with E-state index in [1.54, 1.807) is 25.1 Å². The van der Waals surface area contributed by atoms with Gasteiger partial charge in [0, 0.05) is 68.6 Å². The van der Waals surface area contributed by atoms with Crippen LogP contribution in [0.2, 0.25) is 10.0 Å². The number of pyridine rings is 1. The number of amides is 2. The van der Waals surface area contributed by atoms with Gasteiger partial charge >= 0.3 is 11.7 Å². The second-order valence-corrected chi connectivity index (χ2v) is 14.6. The summed E-state index contributed by atoms with van der Waals surface area (Å²) in [5.41, 5.74) is 4.23. The predicted octanol–water partition coefficient (Wildman–Crippen LogP) is 5.29. The first-order chi connectivity index (χ1) is 26.5. The van der Waals surface area contributed by atoms with Crippen molar-refractivity contribution in [3.63, 3.8) is 0 Å². The largest absolute Gasteiger partial charge is 0.481 e. The molecule has 5 heterocycles. The minimum atomic E-state index is -0.532. The van der Waals surface area contributed by atoms with Crippen molar-refractivity contribution in [1.29, 1.82) is 0 Å². The summed E-state index contributed by atoms with van der Waals surface area (Å²) in [5, 5.41) is 16.7. The number of benzene rings is 2. The van der Waals surface area contributed by atoms with E-state index in [0.717, 1.165) is 41.5 Å². The zero-order valence-corrected chi connectivity index (χ0v) is 32.8. The van der Waals surface area contributed by atoms with E-state index in [1.807, 2.05) is 44.2 Å². The van der Waals surface area contributed by atoms with Crippen LogP contribution in [-0.4, -0.2) is 90.5 Å². The Bertz CT molecular complexity index is 2440. The molecule has 2 fully saturated rings. The topological polar surface area (TPSA) is 160 Å². The van der Waals surface area contributed by atoms with Crippen molar-refractivity contribution in [3.05, 3.63) is 90.8 Å². The van der Waals surface area contributed by atoms with E-state index < -0.39 is 11.2 Å². The molecule has 0 saturated carbocycles. The van der Waals surface area contributed by atoms with Gasteiger partial charge in [0.1, 0.15) is 17.5 Å². The van der Waals surface area contributed by atoms with Crippen LogP contribution in [0.15, 0.2) is 58.4 Å². The normalized spacial score (nSPS) is 19.1. The molecular formula is C39H43Cl2N9O5. The fourth-order valence-corrected chi connectivity index (χ4v) is 8.72. The lowest BCUT2D eigenvalue weighted by atomic mass is 9.99. The van der Waals surface area contributed by atoms with E-state index >= 15 is 0 Å². The molecule has 3 aromatic heterocycles. The van der Waals surface area contributed by atoms with Gasteiger partial charge in [0.2, 0.25) is 5.88 Å². The number of nitrogens with one attached hydrogen (secondary N) is 2. The van der Waals surface area contributed by atoms with E-state index in [2.05, 4.69) is 31.6 Å². The minimum absolute atomic E-state index is 0.0617. The van der Waals surface area contributed by atoms with E-state index in [4.69, 9.17) is 32.9 Å². The number of nitrogens with zero attached hydrogens (tertiary/aromatic N) is 7. The molecule has 2 aliphatic heterocycles. The number of ether oxygens (including phenoxy) is 1. The summed E-state index contributed by atoms with van der Waals surface area (Å²) in [6.45, 7) is 6.38. The summed E-state index contributed by atoms with van der Waals surface area (Å²) in [7, 11) is 4.58. The maximum atomic E-state index is 13.1. The lowest BCUT2D eigenvalue weighted by Gasteiger charge is -2.28. The molecule has 2 saturated heterocycles. The van der Waals surface area contributed by atoms with E-state index in [1.165, 1.54) is 17.9 Å². The summed E-state index contributed by atoms with van der Waals surface area (Å²) in [4.78, 5) is 55.8. The van der Waals surface area contributed by atoms with Crippen LogP contribution >= 0.6 is 23.2 Å². The van der Waals surface area contributed by atoms with Crippen molar-refractivity contribution in [2.75, 3.05) is 45.2 Å². The lowest BCUT2D eigenvalue weighted by Crippen LogP contribution is -2.46. The van der Waals surface area contributed by atoms with Crippen molar-refractivity contribution < 1.29 is 14.6 Å². The standard InChI is InChI=1S/C37H37Cl2N9O5.C2H6/c1-45-32-28(34(50)46(2)36(45)52)31(40-19-41-32)42-24-9-5-7-22(30(24)39)21-6-4-8-23(29(21)38)25-16-20-10-11-26(27(20)33(43-25)53-3)47-13-12-37(17-47)18-48(14-15-49)35(51)44-37;1-2/h4-9,16,19,26,49H,10-15,17-18H2,1-3H3,(H,44,51)(H,40,41,42);1-2H3. The Labute approximate surface area is 327 Å². The van der Waals surface area contributed by atoms with Gasteiger partial charge in [0.25, 0.3) is 5.56 Å². The number of methoxy groups -OCH3 is 1. The van der Waals surface area contributed by atoms with Gasteiger partial charge in [-0.05, 0) is 37.0 Å². The second kappa shape index (κ2) is 15.3. The summed E-state index contributed by atoms with van der Waals surface area (Å²) in [5.74, 6) is 0.753. The molecule has 3 N–H and O–H groups in total. The molecule has 0 bridgehead atoms. The third-order valence-electron chi connectivity index (χ3n) is 10.7. The number of aliphatic hydroxyl groups excluding tert-OH is 1. The highest BCUT2D eigenvalue weighted by atomic mass is 35.5. The Morgan fingerprint density at radius 1 is 1.00 bits per heavy atom. The Morgan fingerprint density at radius 2 is 1.73 bits per heavy atom. The molecule has 3 aliphatic rings. The van der Waals surface area contributed by atoms with Crippen LogP contribution in [0.5, 0.6) is 5.88 Å². The molecule has 8 rings (SSSR count). The number of aryl methyl sites for hydroxylation is 2. The second-order valence-electron chi connectivity index (χ2n) is 13.8. The highest BCUT2D eigenvalue weighted by Gasteiger charge is 2.49. The van der Waals surface area contributed by atoms with Gasteiger partial charge in [-0.1, -0.05) is 67.4 Å². The number of β-amino-alcohol motifs (C(OH)–C–C–N with tert-alkyl or cyclic N) is 1. The van der Waals surface area contributed by atoms with Gasteiger partial charge in [-0.25, -0.2) is 24.5 Å². The van der Waals surface area contributed by atoms with E-state index in [0.29, 0.717) is 63.6 Å². The predicted molar refractivity (Wildman–Crippen MR) is 214 cm³/mol. The van der Waals surface area contributed by atoms with Gasteiger partial charge < -0.3 is 25.4 Å². The van der Waals surface area contributed by atoms with Crippen molar-refractivity contribution in [2.45, 2.75) is 44.7 Å². The summed E-state index contributed by atoms with van der Waals surface area (Å²) in [6, 6.07) is 13.2. The number of aromatic nitrogens is 5. The van der Waals surface area contributed by atoms with Crippen LogP contribution < -0.4 is 26.6 Å². The molecule has 2 aromatic carbocycles. The van der Waals surface area contributed by atoms with Crippen molar-refractivity contribution in [2.24, 2.45) is 14.1 Å². The molecule has 55 heavy (non-hydrogen) atoms. The Hall–Kier alpha value is -5.02. The number of urea groups is 1. The first-order valence-corrected chi connectivity index (χ1v) is 19.0. The maximum absolute atomic E-state index is 13.1. The zero-order valence-electron chi connectivity index (χ0n) is 31.3. The number of hydrogen-bond donors (Lipinski definition) is 3. The van der Waals surface area contributed by atoms with Crippen LogP contribution in [0.3, 0.4) is 0 Å². The number of rotatable bonds is 8. The Balaban J connectivity index is 0.00000229. The van der Waals surface area contributed by atoms with Crippen LogP contribution in [0.4, 0.5) is 16.3 Å². The smallest absolute Gasteiger partial charge is 0.332 e. The number of halogens is 2. The molecule has 1 spiro atoms. The van der Waals surface area contributed by atoms with Crippen molar-refractivity contribution in [1.82, 2.24) is 39.2 Å². The molecule has 16 heteroatoms. The number of anilines is 2. The third kappa shape index (κ3) is 6.60. The SMILES string of the molecule is CC.COc1nc(-c2cccc(-c3cccc(Nc4ncnc5c4c(=O)n(C)c(=O)n5C)c3Cl)c2Cl)cc2c1C(N1CCC3(CN(CCO)C(=O)N3)C1)CC2. The summed E-state index contributed by atoms with van der Waals surface area (Å²) < 4.78 is 8.23. The van der Waals surface area contributed by atoms with Crippen LogP contribution in [-0.2, 0) is 20.5 Å². The average molecular weight is 789 g/mol. The molecule has 2 atom stereocenters. The molecule has 288 valence electrons. The average Bonchev–Trinajstić information content (AvgIpc) is 3.90. The molecule has 14 nitrogen and oxygen atoms in total. The highest BCUT2D eigenvalue weighted by molar-refractivity contribution is 6.39.